The van der Waals surface area contributed by atoms with Gasteiger partial charge in [0.25, 0.3) is 0 Å². The third-order valence-electron chi connectivity index (χ3n) is 2.77. The fourth-order valence-electron chi connectivity index (χ4n) is 1.43. The van der Waals surface area contributed by atoms with Gasteiger partial charge in [-0.3, -0.25) is 0 Å². The van der Waals surface area contributed by atoms with E-state index >= 15 is 0 Å². The standard InChI is InChI=1S/2C6H14.C6H13.C3H8.C3H7.14CH4.Y/c3*1-3-5-6-4-2;2*1-3-2;;;;;;;;;;;;;;;/h2*3-6H2,1-2H3;1,3-6H2,2H3;3H2,1-2H3;1,3H2,2H3;14*1H4;/q;;-1;;-1;;;;;;;;;;;;;;;. The molecule has 0 nitrogen and oxygen atoms in total. The molecule has 0 saturated carbocycles. The average molecular weight is 658 g/mol. The summed E-state index contributed by atoms with van der Waals surface area (Å²) in [5.74, 6) is 0. The van der Waals surface area contributed by atoms with E-state index in [0.717, 1.165) is 12.8 Å². The number of hydrogen-bond donors (Lipinski definition) is 0. The van der Waals surface area contributed by atoms with E-state index in [4.69, 9.17) is 0 Å². The molecule has 0 N–H and O–H groups in total. The van der Waals surface area contributed by atoms with Gasteiger partial charge in [0.15, 0.2) is 0 Å². The predicted octanol–water partition coefficient (Wildman–Crippen LogP) is 19.1. The van der Waals surface area contributed by atoms with Crippen LogP contribution in [0.3, 0.4) is 0 Å². The zero-order valence-corrected chi connectivity index (χ0v) is 22.7. The molecule has 0 unspecified atom stereocenters. The Bertz CT molecular complexity index is 80.3. The largest absolute Gasteiger partial charge is 0.344 e. The van der Waals surface area contributed by atoms with Crippen molar-refractivity contribution in [2.45, 2.75) is 249 Å². The summed E-state index contributed by atoms with van der Waals surface area (Å²) in [7, 11) is 0. The van der Waals surface area contributed by atoms with Gasteiger partial charge in [-0.05, 0) is 0 Å². The number of rotatable bonds is 9. The molecule has 1 heteroatoms. The van der Waals surface area contributed by atoms with Gasteiger partial charge >= 0.3 is 0 Å². The van der Waals surface area contributed by atoms with Crippen LogP contribution in [-0.2, 0) is 32.7 Å². The van der Waals surface area contributed by atoms with Gasteiger partial charge in [-0.15, -0.1) is 0 Å². The van der Waals surface area contributed by atoms with Crippen molar-refractivity contribution < 1.29 is 32.7 Å². The molecule has 0 aliphatic heterocycles. The minimum Gasteiger partial charge on any atom is -0.344 e. The fourth-order valence-corrected chi connectivity index (χ4v) is 1.43. The summed E-state index contributed by atoms with van der Waals surface area (Å²) < 4.78 is 0. The van der Waals surface area contributed by atoms with Crippen molar-refractivity contribution in [3.05, 3.63) is 13.8 Å². The molecule has 0 heterocycles. The molecule has 0 bridgehead atoms. The van der Waals surface area contributed by atoms with E-state index in [1.165, 1.54) is 77.0 Å². The Morgan fingerprint density at radius 2 is 0.410 bits per heavy atom. The molecule has 0 amide bonds. The minimum atomic E-state index is 0. The van der Waals surface area contributed by atoms with Crippen LogP contribution in [0.5, 0.6) is 0 Å². The summed E-state index contributed by atoms with van der Waals surface area (Å²) in [5, 5.41) is 0. The van der Waals surface area contributed by atoms with E-state index in [-0.39, 0.29) is 137 Å². The second-order valence-corrected chi connectivity index (χ2v) is 6.18. The van der Waals surface area contributed by atoms with Gasteiger partial charge in [-0.25, -0.2) is 0 Å². The first-order chi connectivity index (χ1) is 11.6. The van der Waals surface area contributed by atoms with E-state index in [1.54, 1.807) is 0 Å². The van der Waals surface area contributed by atoms with Gasteiger partial charge < -0.3 is 13.8 Å². The van der Waals surface area contributed by atoms with Crippen LogP contribution < -0.4 is 0 Å². The van der Waals surface area contributed by atoms with E-state index < -0.39 is 0 Å². The summed E-state index contributed by atoms with van der Waals surface area (Å²) in [6, 6.07) is 0. The molecule has 269 valence electrons. The molecular weight excluding hydrogens is 545 g/mol. The SMILES string of the molecule is C.C.C.C.C.C.C.C.C.C.C.C.C.C.CCC.CCCCCC.CCCCCC.[CH2-]CC.[CH2-]CCCCC.[Y]. The van der Waals surface area contributed by atoms with Gasteiger partial charge in [0, 0.05) is 32.7 Å². The molecule has 1 radical (unpaired) electrons. The van der Waals surface area contributed by atoms with Crippen LogP contribution >= 0.6 is 0 Å². The van der Waals surface area contributed by atoms with Crippen molar-refractivity contribution in [1.82, 2.24) is 0 Å². The molecule has 0 fully saturated rings. The Hall–Kier alpha value is 1.10. The second kappa shape index (κ2) is 249. The van der Waals surface area contributed by atoms with Crippen LogP contribution in [-0.4, -0.2) is 0 Å². The molecule has 0 atom stereocenters. The van der Waals surface area contributed by atoms with Crippen molar-refractivity contribution >= 4 is 0 Å². The summed E-state index contributed by atoms with van der Waals surface area (Å²) in [6.07, 6.45) is 18.4. The first-order valence-corrected chi connectivity index (χ1v) is 11.2. The first-order valence-electron chi connectivity index (χ1n) is 11.2. The third kappa shape index (κ3) is 527. The summed E-state index contributed by atoms with van der Waals surface area (Å²) in [4.78, 5) is 0. The van der Waals surface area contributed by atoms with Crippen molar-refractivity contribution in [2.24, 2.45) is 0 Å². The average Bonchev–Trinajstić information content (AvgIpc) is 2.59. The van der Waals surface area contributed by atoms with Crippen LogP contribution in [0.15, 0.2) is 0 Å². The number of hydrogen-bond acceptors (Lipinski definition) is 0. The molecule has 0 rings (SSSR count). The topological polar surface area (TPSA) is 0 Å². The fraction of sp³-hybridized carbons (Fsp3) is 0.947. The van der Waals surface area contributed by atoms with E-state index in [9.17, 15) is 0 Å². The molecule has 0 aliphatic rings. The molecule has 0 spiro atoms. The molecule has 39 heavy (non-hydrogen) atoms. The van der Waals surface area contributed by atoms with Crippen LogP contribution in [0.25, 0.3) is 0 Å². The van der Waals surface area contributed by atoms with Gasteiger partial charge in [0.1, 0.15) is 0 Å². The first kappa shape index (κ1) is 152. The zero-order chi connectivity index (χ0) is 19.9. The Kier molecular flexibility index (Phi) is 968. The van der Waals surface area contributed by atoms with Crippen molar-refractivity contribution in [2.75, 3.05) is 0 Å². The second-order valence-electron chi connectivity index (χ2n) is 6.18. The van der Waals surface area contributed by atoms with Crippen molar-refractivity contribution in [1.29, 1.82) is 0 Å². The summed E-state index contributed by atoms with van der Waals surface area (Å²) in [6.45, 7) is 24.6. The van der Waals surface area contributed by atoms with Gasteiger partial charge in [-0.1, -0.05) is 236 Å². The molecule has 0 saturated heterocycles. The Balaban J connectivity index is -0.00000000597. The van der Waals surface area contributed by atoms with E-state index in [1.807, 2.05) is 6.92 Å². The summed E-state index contributed by atoms with van der Waals surface area (Å²) in [5.41, 5.74) is 0. The van der Waals surface area contributed by atoms with Crippen molar-refractivity contribution in [3.63, 3.8) is 0 Å². The summed E-state index contributed by atoms with van der Waals surface area (Å²) >= 11 is 0. The minimum absolute atomic E-state index is 0. The maximum atomic E-state index is 3.72. The Morgan fingerprint density at radius 1 is 0.308 bits per heavy atom. The molecule has 0 aliphatic carbocycles. The smallest absolute Gasteiger partial charge is 0 e. The van der Waals surface area contributed by atoms with Gasteiger partial charge in [0.2, 0.25) is 0 Å². The van der Waals surface area contributed by atoms with Crippen LogP contribution in [0, 0.1) is 13.8 Å². The maximum absolute atomic E-state index is 3.72. The van der Waals surface area contributed by atoms with Crippen molar-refractivity contribution in [3.8, 4) is 0 Å². The molecule has 0 aromatic heterocycles. The van der Waals surface area contributed by atoms with Gasteiger partial charge in [0.05, 0.1) is 0 Å². The van der Waals surface area contributed by atoms with Crippen LogP contribution in [0.2, 0.25) is 0 Å². The molecule has 0 aromatic rings. The Labute approximate surface area is 294 Å². The third-order valence-corrected chi connectivity index (χ3v) is 2.77. The van der Waals surface area contributed by atoms with Crippen LogP contribution in [0.1, 0.15) is 249 Å². The Morgan fingerprint density at radius 3 is 0.462 bits per heavy atom. The zero-order valence-electron chi connectivity index (χ0n) is 19.9. The molecule has 0 aromatic carbocycles. The quantitative estimate of drug-likeness (QED) is 0.171. The predicted molar refractivity (Wildman–Crippen MR) is 215 cm³/mol. The van der Waals surface area contributed by atoms with E-state index in [0.29, 0.717) is 0 Å². The monoisotopic (exact) mass is 658 g/mol. The number of unbranched alkanes of at least 4 members (excludes halogenated alkanes) is 9. The van der Waals surface area contributed by atoms with E-state index in [2.05, 4.69) is 62.3 Å². The normalized spacial score (nSPS) is 5.08. The van der Waals surface area contributed by atoms with Gasteiger partial charge in [-0.2, -0.15) is 12.8 Å². The van der Waals surface area contributed by atoms with Crippen LogP contribution in [0.4, 0.5) is 0 Å². The molecular formula is C38H112Y-2. The maximum Gasteiger partial charge on any atom is 0 e.